The zero-order valence-corrected chi connectivity index (χ0v) is 15.0. The summed E-state index contributed by atoms with van der Waals surface area (Å²) >= 11 is 0. The lowest BCUT2D eigenvalue weighted by molar-refractivity contribution is 0.0936. The van der Waals surface area contributed by atoms with Crippen molar-refractivity contribution in [2.75, 3.05) is 26.7 Å². The summed E-state index contributed by atoms with van der Waals surface area (Å²) in [5.74, 6) is 1.26. The Morgan fingerprint density at radius 3 is 2.52 bits per heavy atom. The molecule has 0 spiro atoms. The summed E-state index contributed by atoms with van der Waals surface area (Å²) in [5.41, 5.74) is 2.34. The van der Waals surface area contributed by atoms with E-state index >= 15 is 0 Å². The van der Waals surface area contributed by atoms with Crippen molar-refractivity contribution in [2.24, 2.45) is 0 Å². The van der Waals surface area contributed by atoms with E-state index < -0.39 is 0 Å². The Kier molecular flexibility index (Phi) is 5.38. The minimum absolute atomic E-state index is 0.131. The molecule has 6 heteroatoms. The molecule has 6 nitrogen and oxygen atoms in total. The number of aromatic nitrogens is 1. The highest BCUT2D eigenvalue weighted by molar-refractivity contribution is 5.96. The third kappa shape index (κ3) is 3.85. The van der Waals surface area contributed by atoms with Crippen molar-refractivity contribution in [1.82, 2.24) is 15.4 Å². The third-order valence-corrected chi connectivity index (χ3v) is 4.80. The number of nitrogens with one attached hydrogen (secondary N) is 1. The van der Waals surface area contributed by atoms with Gasteiger partial charge in [-0.05, 0) is 57.5 Å². The molecule has 1 atom stereocenters. The Balaban J connectivity index is 1.74. The van der Waals surface area contributed by atoms with Crippen molar-refractivity contribution in [3.05, 3.63) is 46.8 Å². The fourth-order valence-electron chi connectivity index (χ4n) is 3.42. The van der Waals surface area contributed by atoms with Crippen LogP contribution in [0.1, 0.15) is 46.3 Å². The lowest BCUT2D eigenvalue weighted by atomic mass is 10.0. The molecule has 1 amide bonds. The van der Waals surface area contributed by atoms with E-state index in [4.69, 9.17) is 9.26 Å². The lowest BCUT2D eigenvalue weighted by Gasteiger charge is -2.28. The van der Waals surface area contributed by atoms with Crippen LogP contribution < -0.4 is 10.1 Å². The van der Waals surface area contributed by atoms with Gasteiger partial charge in [0.2, 0.25) is 0 Å². The number of nitrogens with zero attached hydrogens (tertiary/aromatic N) is 2. The van der Waals surface area contributed by atoms with Crippen LogP contribution in [0, 0.1) is 13.8 Å². The summed E-state index contributed by atoms with van der Waals surface area (Å²) in [6.07, 6.45) is 2.40. The summed E-state index contributed by atoms with van der Waals surface area (Å²) < 4.78 is 10.3. The number of rotatable bonds is 6. The van der Waals surface area contributed by atoms with E-state index in [1.54, 1.807) is 21.0 Å². The van der Waals surface area contributed by atoms with Crippen molar-refractivity contribution >= 4 is 5.91 Å². The summed E-state index contributed by atoms with van der Waals surface area (Å²) in [4.78, 5) is 15.0. The lowest BCUT2D eigenvalue weighted by Crippen LogP contribution is -2.37. The van der Waals surface area contributed by atoms with Crippen LogP contribution in [-0.4, -0.2) is 42.7 Å². The Morgan fingerprint density at radius 1 is 1.28 bits per heavy atom. The van der Waals surface area contributed by atoms with Gasteiger partial charge in [-0.2, -0.15) is 0 Å². The maximum Gasteiger partial charge on any atom is 0.256 e. The Labute approximate surface area is 148 Å². The Morgan fingerprint density at radius 2 is 1.96 bits per heavy atom. The molecule has 0 radical (unpaired) electrons. The average Bonchev–Trinajstić information content (AvgIpc) is 3.26. The zero-order valence-electron chi connectivity index (χ0n) is 15.0. The predicted octanol–water partition coefficient (Wildman–Crippen LogP) is 2.87. The van der Waals surface area contributed by atoms with Gasteiger partial charge in [-0.1, -0.05) is 17.3 Å². The highest BCUT2D eigenvalue weighted by Crippen LogP contribution is 2.26. The molecule has 2 heterocycles. The van der Waals surface area contributed by atoms with Crippen LogP contribution >= 0.6 is 0 Å². The first-order valence-corrected chi connectivity index (χ1v) is 8.69. The molecule has 1 N–H and O–H groups in total. The van der Waals surface area contributed by atoms with Gasteiger partial charge >= 0.3 is 0 Å². The van der Waals surface area contributed by atoms with E-state index in [-0.39, 0.29) is 11.9 Å². The first-order chi connectivity index (χ1) is 12.1. The van der Waals surface area contributed by atoms with Gasteiger partial charge < -0.3 is 14.6 Å². The van der Waals surface area contributed by atoms with E-state index in [1.807, 2.05) is 12.1 Å². The molecular weight excluding hydrogens is 318 g/mol. The molecule has 3 rings (SSSR count). The van der Waals surface area contributed by atoms with Gasteiger partial charge in [0.05, 0.1) is 18.8 Å². The summed E-state index contributed by atoms with van der Waals surface area (Å²) in [7, 11) is 1.66. The van der Waals surface area contributed by atoms with Crippen LogP contribution in [0.15, 0.2) is 28.8 Å². The first-order valence-electron chi connectivity index (χ1n) is 8.69. The van der Waals surface area contributed by atoms with Gasteiger partial charge in [-0.3, -0.25) is 9.69 Å². The number of aryl methyl sites for hydroxylation is 2. The van der Waals surface area contributed by atoms with Crippen molar-refractivity contribution in [1.29, 1.82) is 0 Å². The molecule has 134 valence electrons. The number of methoxy groups -OCH3 is 1. The minimum Gasteiger partial charge on any atom is -0.497 e. The molecule has 1 aromatic carbocycles. The molecule has 2 aromatic rings. The molecule has 1 saturated heterocycles. The molecule has 0 bridgehead atoms. The topological polar surface area (TPSA) is 67.6 Å². The number of amides is 1. The normalized spacial score (nSPS) is 16.0. The molecule has 1 aliphatic rings. The van der Waals surface area contributed by atoms with E-state index in [0.717, 1.165) is 18.8 Å². The van der Waals surface area contributed by atoms with Gasteiger partial charge in [0.15, 0.2) is 0 Å². The molecule has 25 heavy (non-hydrogen) atoms. The van der Waals surface area contributed by atoms with Crippen LogP contribution in [0.25, 0.3) is 0 Å². The van der Waals surface area contributed by atoms with Crippen LogP contribution in [-0.2, 0) is 0 Å². The summed E-state index contributed by atoms with van der Waals surface area (Å²) in [6.45, 7) is 6.20. The summed E-state index contributed by atoms with van der Waals surface area (Å²) in [5, 5.41) is 6.92. The van der Waals surface area contributed by atoms with Crippen molar-refractivity contribution in [2.45, 2.75) is 32.7 Å². The molecule has 1 fully saturated rings. The monoisotopic (exact) mass is 343 g/mol. The van der Waals surface area contributed by atoms with Gasteiger partial charge in [0.1, 0.15) is 17.1 Å². The SMILES string of the molecule is COc1ccc(C(CNC(=O)c2c(C)noc2C)N2CCCC2)cc1. The molecule has 1 unspecified atom stereocenters. The van der Waals surface area contributed by atoms with Crippen LogP contribution in [0.3, 0.4) is 0 Å². The van der Waals surface area contributed by atoms with E-state index in [0.29, 0.717) is 23.6 Å². The largest absolute Gasteiger partial charge is 0.497 e. The van der Waals surface area contributed by atoms with Gasteiger partial charge in [0, 0.05) is 6.54 Å². The number of carbonyl (C=O) groups is 1. The Bertz CT molecular complexity index is 699. The van der Waals surface area contributed by atoms with E-state index in [1.165, 1.54) is 18.4 Å². The van der Waals surface area contributed by atoms with Crippen molar-refractivity contribution < 1.29 is 14.1 Å². The zero-order chi connectivity index (χ0) is 17.8. The standard InChI is InChI=1S/C19H25N3O3/c1-13-18(14(2)25-21-13)19(23)20-12-17(22-10-4-5-11-22)15-6-8-16(24-3)9-7-15/h6-9,17H,4-5,10-12H2,1-3H3,(H,20,23). The summed E-state index contributed by atoms with van der Waals surface area (Å²) in [6, 6.07) is 8.23. The van der Waals surface area contributed by atoms with Crippen LogP contribution in [0.2, 0.25) is 0 Å². The van der Waals surface area contributed by atoms with Gasteiger partial charge in [0.25, 0.3) is 5.91 Å². The molecular formula is C19H25N3O3. The predicted molar refractivity (Wildman–Crippen MR) is 94.9 cm³/mol. The third-order valence-electron chi connectivity index (χ3n) is 4.80. The fourth-order valence-corrected chi connectivity index (χ4v) is 3.42. The molecule has 1 aromatic heterocycles. The second-order valence-electron chi connectivity index (χ2n) is 6.44. The number of ether oxygens (including phenoxy) is 1. The molecule has 1 aliphatic heterocycles. The highest BCUT2D eigenvalue weighted by atomic mass is 16.5. The number of hydrogen-bond donors (Lipinski definition) is 1. The smallest absolute Gasteiger partial charge is 0.256 e. The van der Waals surface area contributed by atoms with Crippen LogP contribution in [0.5, 0.6) is 5.75 Å². The Hall–Kier alpha value is -2.34. The van der Waals surface area contributed by atoms with Crippen molar-refractivity contribution in [3.63, 3.8) is 0 Å². The number of carbonyl (C=O) groups excluding carboxylic acids is 1. The van der Waals surface area contributed by atoms with Gasteiger partial charge in [-0.15, -0.1) is 0 Å². The number of likely N-dealkylation sites (tertiary alicyclic amines) is 1. The second-order valence-corrected chi connectivity index (χ2v) is 6.44. The second kappa shape index (κ2) is 7.70. The van der Waals surface area contributed by atoms with E-state index in [2.05, 4.69) is 27.5 Å². The molecule has 0 saturated carbocycles. The maximum absolute atomic E-state index is 12.5. The van der Waals surface area contributed by atoms with Crippen LogP contribution in [0.4, 0.5) is 0 Å². The van der Waals surface area contributed by atoms with Crippen molar-refractivity contribution in [3.8, 4) is 5.75 Å². The van der Waals surface area contributed by atoms with Gasteiger partial charge in [-0.25, -0.2) is 0 Å². The van der Waals surface area contributed by atoms with E-state index in [9.17, 15) is 4.79 Å². The number of benzene rings is 1. The number of hydrogen-bond acceptors (Lipinski definition) is 5. The average molecular weight is 343 g/mol. The fraction of sp³-hybridized carbons (Fsp3) is 0.474. The quantitative estimate of drug-likeness (QED) is 0.873. The molecule has 0 aliphatic carbocycles. The maximum atomic E-state index is 12.5. The first kappa shape index (κ1) is 17.5. The highest BCUT2D eigenvalue weighted by Gasteiger charge is 2.25. The minimum atomic E-state index is -0.131.